The SMILES string of the molecule is C=C(Cc1c(OC)ccc2c1/C2=C/CC)OC(C)(C)C. The third kappa shape index (κ3) is 3.06. The van der Waals surface area contributed by atoms with Crippen LogP contribution in [0.2, 0.25) is 0 Å². The van der Waals surface area contributed by atoms with Gasteiger partial charge in [-0.1, -0.05) is 25.6 Å². The molecule has 0 saturated heterocycles. The van der Waals surface area contributed by atoms with E-state index in [0.717, 1.165) is 17.9 Å². The lowest BCUT2D eigenvalue weighted by molar-refractivity contribution is 0.0499. The minimum absolute atomic E-state index is 0.210. The van der Waals surface area contributed by atoms with Gasteiger partial charge in [-0.05, 0) is 50.0 Å². The fourth-order valence-corrected chi connectivity index (χ4v) is 2.55. The number of methoxy groups -OCH3 is 1. The Labute approximate surface area is 122 Å². The van der Waals surface area contributed by atoms with Crippen molar-refractivity contribution in [2.75, 3.05) is 7.11 Å². The van der Waals surface area contributed by atoms with Gasteiger partial charge in [-0.25, -0.2) is 0 Å². The molecule has 0 atom stereocenters. The smallest absolute Gasteiger partial charge is 0.123 e. The molecule has 1 aliphatic rings. The van der Waals surface area contributed by atoms with Gasteiger partial charge < -0.3 is 9.47 Å². The van der Waals surface area contributed by atoms with Crippen molar-refractivity contribution in [2.45, 2.75) is 46.1 Å². The van der Waals surface area contributed by atoms with Crippen molar-refractivity contribution in [1.82, 2.24) is 0 Å². The second-order valence-electron chi connectivity index (χ2n) is 6.12. The molecule has 0 radical (unpaired) electrons. The molecule has 1 aromatic rings. The van der Waals surface area contributed by atoms with Crippen molar-refractivity contribution < 1.29 is 9.47 Å². The van der Waals surface area contributed by atoms with E-state index in [4.69, 9.17) is 9.47 Å². The lowest BCUT2D eigenvalue weighted by Crippen LogP contribution is -2.19. The van der Waals surface area contributed by atoms with E-state index in [1.165, 1.54) is 22.3 Å². The summed E-state index contributed by atoms with van der Waals surface area (Å²) in [6, 6.07) is 4.17. The summed E-state index contributed by atoms with van der Waals surface area (Å²) in [5.41, 5.74) is 5.00. The molecule has 0 fully saturated rings. The molecular weight excluding hydrogens is 248 g/mol. The average Bonchev–Trinajstić information content (AvgIpc) is 3.01. The lowest BCUT2D eigenvalue weighted by Gasteiger charge is -2.23. The van der Waals surface area contributed by atoms with Crippen LogP contribution in [0.3, 0.4) is 0 Å². The molecule has 1 aromatic carbocycles. The van der Waals surface area contributed by atoms with Gasteiger partial charge in [-0.15, -0.1) is 0 Å². The highest BCUT2D eigenvalue weighted by Gasteiger charge is 2.30. The number of rotatable bonds is 5. The van der Waals surface area contributed by atoms with Gasteiger partial charge in [0.05, 0.1) is 12.9 Å². The normalized spacial score (nSPS) is 14.9. The number of fused-ring (bicyclic) bond motifs is 1. The van der Waals surface area contributed by atoms with Crippen molar-refractivity contribution in [1.29, 1.82) is 0 Å². The summed E-state index contributed by atoms with van der Waals surface area (Å²) in [6.07, 6.45) is 4.01. The van der Waals surface area contributed by atoms with Gasteiger partial charge in [-0.3, -0.25) is 0 Å². The molecule has 0 N–H and O–H groups in total. The zero-order valence-corrected chi connectivity index (χ0v) is 13.2. The van der Waals surface area contributed by atoms with E-state index in [1.807, 2.05) is 26.8 Å². The average molecular weight is 272 g/mol. The Hall–Kier alpha value is -1.70. The zero-order valence-electron chi connectivity index (χ0n) is 13.2. The van der Waals surface area contributed by atoms with E-state index >= 15 is 0 Å². The molecule has 0 amide bonds. The standard InChI is InChI=1S/C18H24O2/c1-7-8-13-14-9-10-16(19-6)15(17(13)14)11-12(2)20-18(3,4)5/h8-10H,2,7,11H2,1,3-6H3/b13-8+. The molecule has 2 rings (SSSR count). The lowest BCUT2D eigenvalue weighted by atomic mass is 10.1. The summed E-state index contributed by atoms with van der Waals surface area (Å²) in [5, 5.41) is 0. The fourth-order valence-electron chi connectivity index (χ4n) is 2.55. The minimum Gasteiger partial charge on any atom is -0.496 e. The third-order valence-electron chi connectivity index (χ3n) is 3.22. The molecule has 0 heterocycles. The Balaban J connectivity index is 2.25. The monoisotopic (exact) mass is 272 g/mol. The van der Waals surface area contributed by atoms with Crippen LogP contribution in [-0.4, -0.2) is 12.7 Å². The van der Waals surface area contributed by atoms with E-state index in [0.29, 0.717) is 6.42 Å². The highest BCUT2D eigenvalue weighted by molar-refractivity contribution is 6.02. The number of benzene rings is 1. The van der Waals surface area contributed by atoms with E-state index in [-0.39, 0.29) is 5.60 Å². The minimum atomic E-state index is -0.210. The molecule has 0 unspecified atom stereocenters. The highest BCUT2D eigenvalue weighted by Crippen LogP contribution is 2.48. The molecule has 2 nitrogen and oxygen atoms in total. The topological polar surface area (TPSA) is 18.5 Å². The third-order valence-corrected chi connectivity index (χ3v) is 3.22. The largest absolute Gasteiger partial charge is 0.496 e. The second kappa shape index (κ2) is 5.35. The number of hydrogen-bond donors (Lipinski definition) is 0. The van der Waals surface area contributed by atoms with Crippen LogP contribution in [0.5, 0.6) is 5.75 Å². The second-order valence-corrected chi connectivity index (χ2v) is 6.12. The fraction of sp³-hybridized carbons (Fsp3) is 0.444. The van der Waals surface area contributed by atoms with Gasteiger partial charge in [-0.2, -0.15) is 0 Å². The summed E-state index contributed by atoms with van der Waals surface area (Å²) in [7, 11) is 1.71. The summed E-state index contributed by atoms with van der Waals surface area (Å²) >= 11 is 0. The van der Waals surface area contributed by atoms with E-state index in [2.05, 4.69) is 25.6 Å². The quantitative estimate of drug-likeness (QED) is 0.733. The van der Waals surface area contributed by atoms with Crippen LogP contribution in [0.15, 0.2) is 30.5 Å². The van der Waals surface area contributed by atoms with E-state index in [1.54, 1.807) is 7.11 Å². The van der Waals surface area contributed by atoms with Crippen LogP contribution < -0.4 is 4.74 Å². The van der Waals surface area contributed by atoms with Crippen LogP contribution >= 0.6 is 0 Å². The maximum Gasteiger partial charge on any atom is 0.123 e. The van der Waals surface area contributed by atoms with Crippen LogP contribution in [0.1, 0.15) is 50.8 Å². The number of ether oxygens (including phenoxy) is 2. The molecule has 0 aliphatic heterocycles. The van der Waals surface area contributed by atoms with Crippen LogP contribution in [0.25, 0.3) is 5.57 Å². The predicted octanol–water partition coefficient (Wildman–Crippen LogP) is 4.72. The first-order valence-corrected chi connectivity index (χ1v) is 7.15. The van der Waals surface area contributed by atoms with E-state index in [9.17, 15) is 0 Å². The van der Waals surface area contributed by atoms with Gasteiger partial charge in [0.2, 0.25) is 0 Å². The van der Waals surface area contributed by atoms with Crippen LogP contribution in [0.4, 0.5) is 0 Å². The Morgan fingerprint density at radius 3 is 2.55 bits per heavy atom. The molecular formula is C18H24O2. The zero-order chi connectivity index (χ0) is 14.9. The molecule has 0 saturated carbocycles. The van der Waals surface area contributed by atoms with Crippen molar-refractivity contribution in [3.8, 4) is 5.75 Å². The van der Waals surface area contributed by atoms with Gasteiger partial charge in [0.1, 0.15) is 11.4 Å². The summed E-state index contributed by atoms with van der Waals surface area (Å²) in [4.78, 5) is 0. The van der Waals surface area contributed by atoms with Crippen LogP contribution in [0, 0.1) is 0 Å². The van der Waals surface area contributed by atoms with Gasteiger partial charge in [0, 0.05) is 12.0 Å². The Morgan fingerprint density at radius 2 is 2.00 bits per heavy atom. The highest BCUT2D eigenvalue weighted by atomic mass is 16.5. The van der Waals surface area contributed by atoms with Crippen molar-refractivity contribution >= 4 is 5.57 Å². The summed E-state index contributed by atoms with van der Waals surface area (Å²) in [6.45, 7) is 12.3. The molecule has 0 aromatic heterocycles. The van der Waals surface area contributed by atoms with Gasteiger partial charge in [0.15, 0.2) is 0 Å². The van der Waals surface area contributed by atoms with E-state index < -0.39 is 0 Å². The van der Waals surface area contributed by atoms with Gasteiger partial charge >= 0.3 is 0 Å². The molecule has 1 aliphatic carbocycles. The predicted molar refractivity (Wildman–Crippen MR) is 84.0 cm³/mol. The van der Waals surface area contributed by atoms with Gasteiger partial charge in [0.25, 0.3) is 0 Å². The first kappa shape index (κ1) is 14.7. The summed E-state index contributed by atoms with van der Waals surface area (Å²) in [5.74, 6) is 1.70. The first-order chi connectivity index (χ1) is 9.37. The number of allylic oxidation sites excluding steroid dienone is 2. The van der Waals surface area contributed by atoms with Crippen molar-refractivity contribution in [3.05, 3.63) is 47.2 Å². The molecule has 108 valence electrons. The van der Waals surface area contributed by atoms with Crippen molar-refractivity contribution in [2.24, 2.45) is 0 Å². The Morgan fingerprint density at radius 1 is 1.30 bits per heavy atom. The first-order valence-electron chi connectivity index (χ1n) is 7.15. The van der Waals surface area contributed by atoms with Crippen molar-refractivity contribution in [3.63, 3.8) is 0 Å². The number of hydrogen-bond acceptors (Lipinski definition) is 2. The Kier molecular flexibility index (Phi) is 3.94. The molecule has 2 heteroatoms. The molecule has 0 spiro atoms. The maximum atomic E-state index is 5.84. The molecule has 0 bridgehead atoms. The maximum absolute atomic E-state index is 5.84. The summed E-state index contributed by atoms with van der Waals surface area (Å²) < 4.78 is 11.3. The molecule has 20 heavy (non-hydrogen) atoms. The van der Waals surface area contributed by atoms with Crippen LogP contribution in [-0.2, 0) is 11.2 Å². The Bertz CT molecular complexity index is 560.